The van der Waals surface area contributed by atoms with Crippen LogP contribution in [0.4, 0.5) is 4.79 Å². The Hall–Kier alpha value is -1.30. The summed E-state index contributed by atoms with van der Waals surface area (Å²) in [5, 5.41) is 16.6. The minimum Gasteiger partial charge on any atom is -0.387 e. The summed E-state index contributed by atoms with van der Waals surface area (Å²) < 4.78 is 0. The molecule has 0 spiro atoms. The van der Waals surface area contributed by atoms with Gasteiger partial charge in [0.15, 0.2) is 0 Å². The first kappa shape index (κ1) is 16.6. The highest BCUT2D eigenvalue weighted by atomic mass is 35.5. The molecule has 2 heterocycles. The normalized spacial score (nSPS) is 25.7. The topological polar surface area (TPSA) is 64.6 Å². The van der Waals surface area contributed by atoms with E-state index >= 15 is 0 Å². The van der Waals surface area contributed by atoms with Crippen molar-refractivity contribution >= 4 is 17.6 Å². The van der Waals surface area contributed by atoms with Crippen molar-refractivity contribution in [2.24, 2.45) is 0 Å². The lowest BCUT2D eigenvalue weighted by atomic mass is 9.99. The van der Waals surface area contributed by atoms with E-state index < -0.39 is 6.10 Å². The Bertz CT molecular complexity index is 537. The molecule has 0 radical (unpaired) electrons. The van der Waals surface area contributed by atoms with Crippen molar-refractivity contribution in [1.82, 2.24) is 15.5 Å². The fraction of sp³-hybridized carbons (Fsp3) is 0.588. The first-order valence-corrected chi connectivity index (χ1v) is 8.73. The van der Waals surface area contributed by atoms with Crippen LogP contribution in [-0.4, -0.2) is 47.8 Å². The Kier molecular flexibility index (Phi) is 5.41. The average molecular weight is 338 g/mol. The van der Waals surface area contributed by atoms with E-state index in [2.05, 4.69) is 15.5 Å². The van der Waals surface area contributed by atoms with Crippen molar-refractivity contribution in [3.05, 3.63) is 34.9 Å². The van der Waals surface area contributed by atoms with Crippen molar-refractivity contribution in [1.29, 1.82) is 0 Å². The van der Waals surface area contributed by atoms with Gasteiger partial charge < -0.3 is 15.7 Å². The number of nitrogens with zero attached hydrogens (tertiary/aromatic N) is 1. The predicted octanol–water partition coefficient (Wildman–Crippen LogP) is 2.30. The largest absolute Gasteiger partial charge is 0.387 e. The minimum absolute atomic E-state index is 0.189. The molecule has 6 heteroatoms. The molecular weight excluding hydrogens is 314 g/mol. The molecule has 3 N–H and O–H groups in total. The number of hydrogen-bond acceptors (Lipinski definition) is 3. The number of piperidine rings is 1. The first-order chi connectivity index (χ1) is 11.1. The van der Waals surface area contributed by atoms with Crippen LogP contribution in [0.2, 0.25) is 5.02 Å². The van der Waals surface area contributed by atoms with Crippen LogP contribution in [0.1, 0.15) is 37.4 Å². The van der Waals surface area contributed by atoms with Gasteiger partial charge in [0.1, 0.15) is 0 Å². The van der Waals surface area contributed by atoms with Crippen molar-refractivity contribution < 1.29 is 9.90 Å². The molecule has 2 aliphatic heterocycles. The maximum atomic E-state index is 12.1. The highest BCUT2D eigenvalue weighted by molar-refractivity contribution is 6.30. The van der Waals surface area contributed by atoms with Crippen LogP contribution in [0.25, 0.3) is 0 Å². The zero-order valence-corrected chi connectivity index (χ0v) is 13.9. The number of urea groups is 1. The summed E-state index contributed by atoms with van der Waals surface area (Å²) >= 11 is 5.83. The van der Waals surface area contributed by atoms with Crippen LogP contribution in [0.3, 0.4) is 0 Å². The van der Waals surface area contributed by atoms with Gasteiger partial charge in [-0.2, -0.15) is 0 Å². The number of benzene rings is 1. The number of fused-ring (bicyclic) bond motifs is 1. The summed E-state index contributed by atoms with van der Waals surface area (Å²) in [5.74, 6) is 0. The van der Waals surface area contributed by atoms with E-state index in [9.17, 15) is 9.90 Å². The molecule has 0 saturated carbocycles. The molecule has 1 aromatic carbocycles. The Morgan fingerprint density at radius 3 is 2.83 bits per heavy atom. The number of aliphatic hydroxyl groups excluding tert-OH is 1. The van der Waals surface area contributed by atoms with Crippen LogP contribution in [0.15, 0.2) is 24.3 Å². The zero-order chi connectivity index (χ0) is 16.2. The number of amides is 2. The lowest BCUT2D eigenvalue weighted by Crippen LogP contribution is -2.50. The summed E-state index contributed by atoms with van der Waals surface area (Å²) in [4.78, 5) is 14.6. The van der Waals surface area contributed by atoms with E-state index in [-0.39, 0.29) is 18.6 Å². The van der Waals surface area contributed by atoms with E-state index in [0.29, 0.717) is 11.1 Å². The minimum atomic E-state index is -0.729. The lowest BCUT2D eigenvalue weighted by Gasteiger charge is -2.32. The quantitative estimate of drug-likeness (QED) is 0.790. The molecule has 2 fully saturated rings. The van der Waals surface area contributed by atoms with Crippen molar-refractivity contribution in [2.45, 2.75) is 43.9 Å². The van der Waals surface area contributed by atoms with E-state index in [4.69, 9.17) is 11.6 Å². The smallest absolute Gasteiger partial charge is 0.315 e. The summed E-state index contributed by atoms with van der Waals surface area (Å²) in [7, 11) is 0. The third-order valence-electron chi connectivity index (χ3n) is 4.88. The second kappa shape index (κ2) is 7.51. The Morgan fingerprint density at radius 2 is 2.04 bits per heavy atom. The van der Waals surface area contributed by atoms with Gasteiger partial charge in [-0.15, -0.1) is 0 Å². The van der Waals surface area contributed by atoms with Crippen molar-refractivity contribution in [2.75, 3.05) is 19.6 Å². The van der Waals surface area contributed by atoms with Crippen LogP contribution in [-0.2, 0) is 0 Å². The number of aliphatic hydroxyl groups is 1. The highest BCUT2D eigenvalue weighted by Crippen LogP contribution is 2.27. The molecule has 3 unspecified atom stereocenters. The van der Waals surface area contributed by atoms with Crippen LogP contribution in [0, 0.1) is 0 Å². The van der Waals surface area contributed by atoms with Gasteiger partial charge in [0.2, 0.25) is 0 Å². The molecule has 0 bridgehead atoms. The standard InChI is InChI=1S/C17H24ClN3O2/c18-13-6-4-12(5-7-13)16(22)11-19-17(23)20-14-8-10-21-9-2-1-3-15(14)21/h4-7,14-16,22H,1-3,8-11H2,(H2,19,20,23). The summed E-state index contributed by atoms with van der Waals surface area (Å²) in [6.45, 7) is 2.41. The van der Waals surface area contributed by atoms with Crippen molar-refractivity contribution in [3.63, 3.8) is 0 Å². The second-order valence-corrected chi connectivity index (χ2v) is 6.85. The summed E-state index contributed by atoms with van der Waals surface area (Å²) in [6, 6.07) is 7.51. The van der Waals surface area contributed by atoms with Gasteiger partial charge in [-0.1, -0.05) is 30.2 Å². The number of rotatable bonds is 4. The molecular formula is C17H24ClN3O2. The van der Waals surface area contributed by atoms with Gasteiger partial charge in [0, 0.05) is 30.2 Å². The van der Waals surface area contributed by atoms with Crippen molar-refractivity contribution in [3.8, 4) is 0 Å². The van der Waals surface area contributed by atoms with E-state index in [1.807, 2.05) is 0 Å². The number of hydrogen-bond donors (Lipinski definition) is 3. The van der Waals surface area contributed by atoms with Gasteiger partial charge in [0.25, 0.3) is 0 Å². The molecule has 2 saturated heterocycles. The Balaban J connectivity index is 1.45. The second-order valence-electron chi connectivity index (χ2n) is 6.42. The van der Waals surface area contributed by atoms with Gasteiger partial charge >= 0.3 is 6.03 Å². The van der Waals surface area contributed by atoms with E-state index in [1.165, 1.54) is 19.3 Å². The molecule has 23 heavy (non-hydrogen) atoms. The molecule has 3 rings (SSSR count). The molecule has 1 aromatic rings. The molecule has 2 aliphatic rings. The summed E-state index contributed by atoms with van der Waals surface area (Å²) in [5.41, 5.74) is 0.744. The molecule has 5 nitrogen and oxygen atoms in total. The van der Waals surface area contributed by atoms with E-state index in [1.54, 1.807) is 24.3 Å². The first-order valence-electron chi connectivity index (χ1n) is 8.35. The fourth-order valence-electron chi connectivity index (χ4n) is 3.63. The lowest BCUT2D eigenvalue weighted by molar-refractivity contribution is 0.167. The predicted molar refractivity (Wildman–Crippen MR) is 90.6 cm³/mol. The highest BCUT2D eigenvalue weighted by Gasteiger charge is 2.36. The monoisotopic (exact) mass is 337 g/mol. The summed E-state index contributed by atoms with van der Waals surface area (Å²) in [6.07, 6.45) is 3.96. The number of carbonyl (C=O) groups excluding carboxylic acids is 1. The number of nitrogens with one attached hydrogen (secondary N) is 2. The van der Waals surface area contributed by atoms with Gasteiger partial charge in [-0.25, -0.2) is 4.79 Å². The number of carbonyl (C=O) groups is 1. The van der Waals surface area contributed by atoms with E-state index in [0.717, 1.165) is 25.1 Å². The van der Waals surface area contributed by atoms with Crippen LogP contribution < -0.4 is 10.6 Å². The average Bonchev–Trinajstić information content (AvgIpc) is 2.96. The van der Waals surface area contributed by atoms with Gasteiger partial charge in [-0.05, 0) is 43.5 Å². The fourth-order valence-corrected chi connectivity index (χ4v) is 3.75. The Morgan fingerprint density at radius 1 is 1.26 bits per heavy atom. The van der Waals surface area contributed by atoms with Gasteiger partial charge in [-0.3, -0.25) is 4.90 Å². The SMILES string of the molecule is O=C(NCC(O)c1ccc(Cl)cc1)NC1CCN2CCCCC12. The third-order valence-corrected chi connectivity index (χ3v) is 5.14. The Labute approximate surface area is 142 Å². The number of halogens is 1. The molecule has 3 atom stereocenters. The zero-order valence-electron chi connectivity index (χ0n) is 13.2. The molecule has 126 valence electrons. The maximum absolute atomic E-state index is 12.1. The molecule has 0 aliphatic carbocycles. The van der Waals surface area contributed by atoms with Crippen LogP contribution >= 0.6 is 11.6 Å². The van der Waals surface area contributed by atoms with Gasteiger partial charge in [0.05, 0.1) is 6.10 Å². The molecule has 2 amide bonds. The third kappa shape index (κ3) is 4.16. The molecule has 0 aromatic heterocycles. The van der Waals surface area contributed by atoms with Crippen LogP contribution in [0.5, 0.6) is 0 Å². The maximum Gasteiger partial charge on any atom is 0.315 e.